The van der Waals surface area contributed by atoms with Crippen LogP contribution >= 0.6 is 0 Å². The zero-order chi connectivity index (χ0) is 20.8. The summed E-state index contributed by atoms with van der Waals surface area (Å²) in [6.45, 7) is 2.83. The Morgan fingerprint density at radius 2 is 1.63 bits per heavy atom. The fourth-order valence-corrected chi connectivity index (χ4v) is 3.09. The quantitative estimate of drug-likeness (QED) is 0.499. The van der Waals surface area contributed by atoms with Crippen molar-refractivity contribution in [1.29, 1.82) is 0 Å². The van der Waals surface area contributed by atoms with Gasteiger partial charge in [-0.1, -0.05) is 65.9 Å². The molecule has 3 aromatic carbocycles. The SMILES string of the molecule is Cc1c(C(=O)Nc2cccc(COc3ccccc3)c2)nnn1Cc1ccccc1. The highest BCUT2D eigenvalue weighted by Gasteiger charge is 2.17. The first-order valence-electron chi connectivity index (χ1n) is 9.71. The van der Waals surface area contributed by atoms with Crippen LogP contribution in [-0.4, -0.2) is 20.9 Å². The third kappa shape index (κ3) is 4.72. The zero-order valence-corrected chi connectivity index (χ0v) is 16.7. The number of carbonyl (C=O) groups is 1. The molecule has 150 valence electrons. The van der Waals surface area contributed by atoms with Gasteiger partial charge in [-0.25, -0.2) is 4.68 Å². The minimum absolute atomic E-state index is 0.284. The number of hydrogen-bond acceptors (Lipinski definition) is 4. The number of benzene rings is 3. The van der Waals surface area contributed by atoms with Crippen molar-refractivity contribution >= 4 is 11.6 Å². The fraction of sp³-hybridized carbons (Fsp3) is 0.125. The van der Waals surface area contributed by atoms with E-state index in [-0.39, 0.29) is 5.91 Å². The van der Waals surface area contributed by atoms with Crippen LogP contribution in [0, 0.1) is 6.92 Å². The molecule has 0 fully saturated rings. The molecule has 0 atom stereocenters. The van der Waals surface area contributed by atoms with Gasteiger partial charge in [0.2, 0.25) is 0 Å². The van der Waals surface area contributed by atoms with Crippen LogP contribution in [0.1, 0.15) is 27.3 Å². The van der Waals surface area contributed by atoms with E-state index in [9.17, 15) is 4.79 Å². The maximum absolute atomic E-state index is 12.7. The molecule has 4 rings (SSSR count). The van der Waals surface area contributed by atoms with Gasteiger partial charge in [-0.15, -0.1) is 5.10 Å². The Hall–Kier alpha value is -3.93. The van der Waals surface area contributed by atoms with E-state index in [1.807, 2.05) is 91.9 Å². The predicted octanol–water partition coefficient (Wildman–Crippen LogP) is 4.47. The molecule has 4 aromatic rings. The number of ether oxygens (including phenoxy) is 1. The van der Waals surface area contributed by atoms with Crippen LogP contribution in [0.15, 0.2) is 84.9 Å². The lowest BCUT2D eigenvalue weighted by molar-refractivity contribution is 0.102. The second-order valence-corrected chi connectivity index (χ2v) is 6.92. The first kappa shape index (κ1) is 19.4. The first-order chi connectivity index (χ1) is 14.7. The van der Waals surface area contributed by atoms with Crippen molar-refractivity contribution < 1.29 is 9.53 Å². The van der Waals surface area contributed by atoms with E-state index in [4.69, 9.17) is 4.74 Å². The monoisotopic (exact) mass is 398 g/mol. The summed E-state index contributed by atoms with van der Waals surface area (Å²) in [5, 5.41) is 11.1. The lowest BCUT2D eigenvalue weighted by atomic mass is 10.2. The lowest BCUT2D eigenvalue weighted by Gasteiger charge is -2.09. The van der Waals surface area contributed by atoms with Crippen molar-refractivity contribution in [2.75, 3.05) is 5.32 Å². The first-order valence-corrected chi connectivity index (χ1v) is 9.71. The Labute approximate surface area is 175 Å². The van der Waals surface area contributed by atoms with Crippen LogP contribution in [0.4, 0.5) is 5.69 Å². The van der Waals surface area contributed by atoms with Crippen molar-refractivity contribution in [3.05, 3.63) is 107 Å². The molecular formula is C24H22N4O2. The van der Waals surface area contributed by atoms with Crippen molar-refractivity contribution in [1.82, 2.24) is 15.0 Å². The number of nitrogens with one attached hydrogen (secondary N) is 1. The highest BCUT2D eigenvalue weighted by atomic mass is 16.5. The average Bonchev–Trinajstić information content (AvgIpc) is 3.14. The number of para-hydroxylation sites is 1. The molecule has 1 N–H and O–H groups in total. The largest absolute Gasteiger partial charge is 0.489 e. The number of hydrogen-bond donors (Lipinski definition) is 1. The summed E-state index contributed by atoms with van der Waals surface area (Å²) in [6.07, 6.45) is 0. The highest BCUT2D eigenvalue weighted by Crippen LogP contribution is 2.16. The Balaban J connectivity index is 1.41. The van der Waals surface area contributed by atoms with Gasteiger partial charge in [0.1, 0.15) is 12.4 Å². The zero-order valence-electron chi connectivity index (χ0n) is 16.7. The van der Waals surface area contributed by atoms with E-state index in [0.29, 0.717) is 24.5 Å². The molecule has 0 saturated heterocycles. The molecule has 30 heavy (non-hydrogen) atoms. The van der Waals surface area contributed by atoms with Gasteiger partial charge in [0, 0.05) is 5.69 Å². The molecule has 1 heterocycles. The number of anilines is 1. The van der Waals surface area contributed by atoms with E-state index >= 15 is 0 Å². The Kier molecular flexibility index (Phi) is 5.85. The summed E-state index contributed by atoms with van der Waals surface area (Å²) in [4.78, 5) is 12.7. The van der Waals surface area contributed by atoms with Gasteiger partial charge in [0.15, 0.2) is 5.69 Å². The van der Waals surface area contributed by atoms with Crippen LogP contribution in [0.2, 0.25) is 0 Å². The average molecular weight is 398 g/mol. The molecule has 6 heteroatoms. The molecule has 0 aliphatic carbocycles. The van der Waals surface area contributed by atoms with Gasteiger partial charge in [-0.3, -0.25) is 4.79 Å². The Morgan fingerprint density at radius 1 is 0.933 bits per heavy atom. The summed E-state index contributed by atoms with van der Waals surface area (Å²) in [6, 6.07) is 27.2. The summed E-state index contributed by atoms with van der Waals surface area (Å²) in [7, 11) is 0. The number of nitrogens with zero attached hydrogens (tertiary/aromatic N) is 3. The smallest absolute Gasteiger partial charge is 0.278 e. The predicted molar refractivity (Wildman–Crippen MR) is 115 cm³/mol. The molecular weight excluding hydrogens is 376 g/mol. The summed E-state index contributed by atoms with van der Waals surface area (Å²) < 4.78 is 7.51. The topological polar surface area (TPSA) is 69.0 Å². The van der Waals surface area contributed by atoms with Crippen LogP contribution in [-0.2, 0) is 13.2 Å². The van der Waals surface area contributed by atoms with Crippen molar-refractivity contribution in [2.45, 2.75) is 20.1 Å². The maximum Gasteiger partial charge on any atom is 0.278 e. The molecule has 0 bridgehead atoms. The number of amides is 1. The molecule has 0 saturated carbocycles. The van der Waals surface area contributed by atoms with Crippen molar-refractivity contribution in [3.8, 4) is 5.75 Å². The van der Waals surface area contributed by atoms with Crippen LogP contribution < -0.4 is 10.1 Å². The Morgan fingerprint density at radius 3 is 2.40 bits per heavy atom. The third-order valence-electron chi connectivity index (χ3n) is 4.71. The number of aromatic nitrogens is 3. The molecule has 1 amide bonds. The molecule has 0 unspecified atom stereocenters. The van der Waals surface area contributed by atoms with E-state index in [1.165, 1.54) is 0 Å². The van der Waals surface area contributed by atoms with Crippen LogP contribution in [0.25, 0.3) is 0 Å². The highest BCUT2D eigenvalue weighted by molar-refractivity contribution is 6.03. The van der Waals surface area contributed by atoms with Crippen molar-refractivity contribution in [3.63, 3.8) is 0 Å². The van der Waals surface area contributed by atoms with Gasteiger partial charge in [0.05, 0.1) is 12.2 Å². The molecule has 0 spiro atoms. The fourth-order valence-electron chi connectivity index (χ4n) is 3.09. The maximum atomic E-state index is 12.7. The van der Waals surface area contributed by atoms with Crippen molar-refractivity contribution in [2.24, 2.45) is 0 Å². The van der Waals surface area contributed by atoms with E-state index in [1.54, 1.807) is 4.68 Å². The standard InChI is InChI=1S/C24H22N4O2/c1-18-23(26-27-28(18)16-19-9-4-2-5-10-19)24(29)25-21-12-8-11-20(15-21)17-30-22-13-6-3-7-14-22/h2-15H,16-17H2,1H3,(H,25,29). The minimum Gasteiger partial charge on any atom is -0.489 e. The molecule has 0 aliphatic heterocycles. The molecule has 6 nitrogen and oxygen atoms in total. The molecule has 1 aromatic heterocycles. The van der Waals surface area contributed by atoms with Crippen LogP contribution in [0.3, 0.4) is 0 Å². The van der Waals surface area contributed by atoms with E-state index < -0.39 is 0 Å². The Bertz CT molecular complexity index is 1120. The number of carbonyl (C=O) groups excluding carboxylic acids is 1. The van der Waals surface area contributed by atoms with Gasteiger partial charge >= 0.3 is 0 Å². The van der Waals surface area contributed by atoms with Crippen LogP contribution in [0.5, 0.6) is 5.75 Å². The lowest BCUT2D eigenvalue weighted by Crippen LogP contribution is -2.14. The van der Waals surface area contributed by atoms with Gasteiger partial charge < -0.3 is 10.1 Å². The number of rotatable bonds is 7. The van der Waals surface area contributed by atoms with Gasteiger partial charge in [-0.05, 0) is 42.3 Å². The second kappa shape index (κ2) is 9.05. The van der Waals surface area contributed by atoms with Gasteiger partial charge in [0.25, 0.3) is 5.91 Å². The summed E-state index contributed by atoms with van der Waals surface area (Å²) >= 11 is 0. The molecule has 0 radical (unpaired) electrons. The third-order valence-corrected chi connectivity index (χ3v) is 4.71. The second-order valence-electron chi connectivity index (χ2n) is 6.92. The summed E-state index contributed by atoms with van der Waals surface area (Å²) in [5.74, 6) is 0.519. The molecule has 0 aliphatic rings. The van der Waals surface area contributed by atoms with E-state index in [2.05, 4.69) is 15.6 Å². The minimum atomic E-state index is -0.284. The normalized spacial score (nSPS) is 10.6. The van der Waals surface area contributed by atoms with Gasteiger partial charge in [-0.2, -0.15) is 0 Å². The summed E-state index contributed by atoms with van der Waals surface area (Å²) in [5.41, 5.74) is 3.78. The van der Waals surface area contributed by atoms with E-state index in [0.717, 1.165) is 22.6 Å².